The van der Waals surface area contributed by atoms with Crippen LogP contribution in [0, 0.1) is 5.82 Å². The summed E-state index contributed by atoms with van der Waals surface area (Å²) in [7, 11) is 0. The molecule has 90 valence electrons. The lowest BCUT2D eigenvalue weighted by atomic mass is 10.0. The summed E-state index contributed by atoms with van der Waals surface area (Å²) in [6.07, 6.45) is 0.577. The van der Waals surface area contributed by atoms with E-state index in [2.05, 4.69) is 4.98 Å². The number of aryl methyl sites for hydroxylation is 1. The largest absolute Gasteiger partial charge is 0.321 e. The number of benzene rings is 2. The summed E-state index contributed by atoms with van der Waals surface area (Å²) in [4.78, 5) is 14.8. The van der Waals surface area contributed by atoms with E-state index in [0.29, 0.717) is 22.8 Å². The second-order valence-electron chi connectivity index (χ2n) is 4.34. The second-order valence-corrected chi connectivity index (χ2v) is 4.34. The van der Waals surface area contributed by atoms with E-state index in [4.69, 9.17) is 0 Å². The Kier molecular flexibility index (Phi) is 2.40. The molecule has 0 unspecified atom stereocenters. The van der Waals surface area contributed by atoms with E-state index >= 15 is 0 Å². The highest BCUT2D eigenvalue weighted by molar-refractivity contribution is 6.05. The Morgan fingerprint density at radius 3 is 2.67 bits per heavy atom. The third-order valence-corrected chi connectivity index (χ3v) is 3.28. The van der Waals surface area contributed by atoms with Gasteiger partial charge in [0.15, 0.2) is 0 Å². The monoisotopic (exact) mass is 241 g/mol. The number of nitrogens with one attached hydrogen (secondary N) is 1. The van der Waals surface area contributed by atoms with Crippen LogP contribution in [0.2, 0.25) is 0 Å². The fourth-order valence-electron chi connectivity index (χ4n) is 2.32. The van der Waals surface area contributed by atoms with Gasteiger partial charge in [0, 0.05) is 16.3 Å². The van der Waals surface area contributed by atoms with Crippen molar-refractivity contribution in [3.63, 3.8) is 0 Å². The topological polar surface area (TPSA) is 32.9 Å². The van der Waals surface area contributed by atoms with Gasteiger partial charge in [0.05, 0.1) is 0 Å². The summed E-state index contributed by atoms with van der Waals surface area (Å²) >= 11 is 0. The van der Waals surface area contributed by atoms with Crippen LogP contribution in [0.3, 0.4) is 0 Å². The van der Waals surface area contributed by atoms with Crippen molar-refractivity contribution in [3.8, 4) is 0 Å². The summed E-state index contributed by atoms with van der Waals surface area (Å²) < 4.78 is 13.9. The Labute approximate surface area is 103 Å². The number of pyridine rings is 1. The lowest BCUT2D eigenvalue weighted by Gasteiger charge is -2.06. The van der Waals surface area contributed by atoms with Gasteiger partial charge < -0.3 is 4.98 Å². The minimum atomic E-state index is -0.249. The molecule has 3 heteroatoms. The van der Waals surface area contributed by atoms with Crippen LogP contribution < -0.4 is 5.56 Å². The number of hydrogen-bond acceptors (Lipinski definition) is 1. The summed E-state index contributed by atoms with van der Waals surface area (Å²) in [6, 6.07) is 10.6. The number of H-pyrrole nitrogens is 1. The first-order chi connectivity index (χ1) is 8.70. The van der Waals surface area contributed by atoms with Gasteiger partial charge in [0.25, 0.3) is 5.56 Å². The Morgan fingerprint density at radius 2 is 1.89 bits per heavy atom. The van der Waals surface area contributed by atoms with Crippen molar-refractivity contribution < 1.29 is 4.39 Å². The quantitative estimate of drug-likeness (QED) is 0.651. The predicted octanol–water partition coefficient (Wildman–Crippen LogP) is 3.38. The van der Waals surface area contributed by atoms with Gasteiger partial charge in [-0.1, -0.05) is 25.1 Å². The molecule has 1 N–H and O–H groups in total. The van der Waals surface area contributed by atoms with E-state index < -0.39 is 0 Å². The second kappa shape index (κ2) is 3.95. The third kappa shape index (κ3) is 1.51. The molecule has 0 bridgehead atoms. The smallest absolute Gasteiger partial charge is 0.256 e. The molecule has 0 saturated carbocycles. The summed E-state index contributed by atoms with van der Waals surface area (Å²) in [6.45, 7) is 1.87. The molecular formula is C15H12FNO. The number of halogens is 1. The number of fused-ring (bicyclic) bond motifs is 3. The van der Waals surface area contributed by atoms with Crippen molar-refractivity contribution in [2.75, 3.05) is 0 Å². The van der Waals surface area contributed by atoms with Gasteiger partial charge in [0.1, 0.15) is 5.82 Å². The molecule has 0 amide bonds. The minimum Gasteiger partial charge on any atom is -0.321 e. The molecule has 1 heterocycles. The first-order valence-electron chi connectivity index (χ1n) is 5.94. The molecule has 1 aromatic heterocycles. The van der Waals surface area contributed by atoms with Crippen LogP contribution in [0.4, 0.5) is 4.39 Å². The standard InChI is InChI=1S/C15H12FNO/c1-2-9-7-12-11(8-13(9)16)10-5-3-4-6-14(10)17-15(12)18/h3-8H,2H2,1H3,(H,17,18). The first kappa shape index (κ1) is 11.0. The fourth-order valence-corrected chi connectivity index (χ4v) is 2.32. The molecule has 3 rings (SSSR count). The average molecular weight is 241 g/mol. The van der Waals surface area contributed by atoms with Crippen LogP contribution >= 0.6 is 0 Å². The van der Waals surface area contributed by atoms with Crippen LogP contribution in [0.25, 0.3) is 21.7 Å². The number of hydrogen-bond donors (Lipinski definition) is 1. The van der Waals surface area contributed by atoms with E-state index in [9.17, 15) is 9.18 Å². The maximum absolute atomic E-state index is 13.9. The van der Waals surface area contributed by atoms with Crippen LogP contribution in [-0.4, -0.2) is 4.98 Å². The van der Waals surface area contributed by atoms with E-state index in [1.54, 1.807) is 6.07 Å². The van der Waals surface area contributed by atoms with Gasteiger partial charge in [-0.15, -0.1) is 0 Å². The Hall–Kier alpha value is -2.16. The fraction of sp³-hybridized carbons (Fsp3) is 0.133. The highest BCUT2D eigenvalue weighted by atomic mass is 19.1. The van der Waals surface area contributed by atoms with Gasteiger partial charge in [-0.2, -0.15) is 0 Å². The van der Waals surface area contributed by atoms with Crippen LogP contribution in [0.15, 0.2) is 41.2 Å². The lowest BCUT2D eigenvalue weighted by Crippen LogP contribution is -2.07. The number of aromatic amines is 1. The third-order valence-electron chi connectivity index (χ3n) is 3.28. The van der Waals surface area contributed by atoms with E-state index in [1.807, 2.05) is 31.2 Å². The molecule has 3 aromatic rings. The summed E-state index contributed by atoms with van der Waals surface area (Å²) in [5.41, 5.74) is 1.14. The van der Waals surface area contributed by atoms with Crippen LogP contribution in [0.5, 0.6) is 0 Å². The number of para-hydroxylation sites is 1. The Morgan fingerprint density at radius 1 is 1.11 bits per heavy atom. The first-order valence-corrected chi connectivity index (χ1v) is 5.94. The molecule has 0 aliphatic heterocycles. The molecule has 0 radical (unpaired) electrons. The highest BCUT2D eigenvalue weighted by Gasteiger charge is 2.09. The van der Waals surface area contributed by atoms with Gasteiger partial charge in [-0.05, 0) is 35.6 Å². The normalized spacial score (nSPS) is 11.2. The lowest BCUT2D eigenvalue weighted by molar-refractivity contribution is 0.614. The van der Waals surface area contributed by atoms with Gasteiger partial charge >= 0.3 is 0 Å². The molecule has 18 heavy (non-hydrogen) atoms. The van der Waals surface area contributed by atoms with Gasteiger partial charge in [0.2, 0.25) is 0 Å². The molecule has 0 saturated heterocycles. The zero-order valence-corrected chi connectivity index (χ0v) is 9.96. The Balaban J connectivity index is 2.57. The van der Waals surface area contributed by atoms with Gasteiger partial charge in [-0.3, -0.25) is 4.79 Å². The molecule has 0 aliphatic rings. The molecule has 2 nitrogen and oxygen atoms in total. The van der Waals surface area contributed by atoms with E-state index in [-0.39, 0.29) is 11.4 Å². The maximum atomic E-state index is 13.9. The van der Waals surface area contributed by atoms with Crippen molar-refractivity contribution in [2.24, 2.45) is 0 Å². The zero-order chi connectivity index (χ0) is 12.7. The molecule has 0 aliphatic carbocycles. The van der Waals surface area contributed by atoms with E-state index in [0.717, 1.165) is 10.9 Å². The van der Waals surface area contributed by atoms with Gasteiger partial charge in [-0.25, -0.2) is 4.39 Å². The summed E-state index contributed by atoms with van der Waals surface area (Å²) in [5, 5.41) is 2.09. The Bertz CT molecular complexity index is 805. The SMILES string of the molecule is CCc1cc2c(=O)[nH]c3ccccc3c2cc1F. The molecule has 0 atom stereocenters. The van der Waals surface area contributed by atoms with Crippen molar-refractivity contribution in [2.45, 2.75) is 13.3 Å². The van der Waals surface area contributed by atoms with Crippen molar-refractivity contribution in [1.29, 1.82) is 0 Å². The predicted molar refractivity (Wildman–Crippen MR) is 71.4 cm³/mol. The number of rotatable bonds is 1. The van der Waals surface area contributed by atoms with Crippen molar-refractivity contribution >= 4 is 21.7 Å². The summed E-state index contributed by atoms with van der Waals surface area (Å²) in [5.74, 6) is -0.249. The van der Waals surface area contributed by atoms with Crippen LogP contribution in [0.1, 0.15) is 12.5 Å². The van der Waals surface area contributed by atoms with E-state index in [1.165, 1.54) is 6.07 Å². The zero-order valence-electron chi connectivity index (χ0n) is 9.96. The van der Waals surface area contributed by atoms with Crippen molar-refractivity contribution in [3.05, 3.63) is 58.1 Å². The minimum absolute atomic E-state index is 0.168. The molecule has 2 aromatic carbocycles. The van der Waals surface area contributed by atoms with Crippen molar-refractivity contribution in [1.82, 2.24) is 4.98 Å². The molecule has 0 fully saturated rings. The molecular weight excluding hydrogens is 229 g/mol. The van der Waals surface area contributed by atoms with Crippen LogP contribution in [-0.2, 0) is 6.42 Å². The number of aromatic nitrogens is 1. The molecule has 0 spiro atoms. The maximum Gasteiger partial charge on any atom is 0.256 e. The average Bonchev–Trinajstić information content (AvgIpc) is 2.38. The highest BCUT2D eigenvalue weighted by Crippen LogP contribution is 2.23.